The molecule has 0 aliphatic heterocycles. The molecule has 2 heteroatoms. The average Bonchev–Trinajstić information content (AvgIpc) is 2.20. The number of hydrogen-bond donors (Lipinski definition) is 0. The SMILES string of the molecule is C[CH]c1c(F)c(F)cc2ccccc12. The quantitative estimate of drug-likeness (QED) is 0.644. The molecule has 0 N–H and O–H groups in total. The summed E-state index contributed by atoms with van der Waals surface area (Å²) in [5.74, 6) is -1.57. The minimum absolute atomic E-state index is 0.334. The van der Waals surface area contributed by atoms with Gasteiger partial charge in [-0.15, -0.1) is 0 Å². The Morgan fingerprint density at radius 3 is 2.57 bits per heavy atom. The van der Waals surface area contributed by atoms with Gasteiger partial charge in [-0.2, -0.15) is 0 Å². The van der Waals surface area contributed by atoms with Gasteiger partial charge in [-0.25, -0.2) is 8.78 Å². The summed E-state index contributed by atoms with van der Waals surface area (Å²) >= 11 is 0. The maximum atomic E-state index is 13.3. The number of hydrogen-bond acceptors (Lipinski definition) is 0. The van der Waals surface area contributed by atoms with Crippen molar-refractivity contribution in [3.05, 3.63) is 54.0 Å². The van der Waals surface area contributed by atoms with E-state index in [2.05, 4.69) is 0 Å². The third-order valence-corrected chi connectivity index (χ3v) is 2.27. The molecule has 0 aliphatic rings. The van der Waals surface area contributed by atoms with E-state index < -0.39 is 11.6 Å². The number of fused-ring (bicyclic) bond motifs is 1. The van der Waals surface area contributed by atoms with Gasteiger partial charge < -0.3 is 0 Å². The standard InChI is InChI=1S/C12H9F2/c1-2-9-10-6-4-3-5-8(10)7-11(13)12(9)14/h2-7H,1H3. The summed E-state index contributed by atoms with van der Waals surface area (Å²) in [5.41, 5.74) is 0.334. The zero-order valence-electron chi connectivity index (χ0n) is 7.72. The number of benzene rings is 2. The van der Waals surface area contributed by atoms with Gasteiger partial charge in [0.05, 0.1) is 0 Å². The molecule has 0 bridgehead atoms. The summed E-state index contributed by atoms with van der Waals surface area (Å²) < 4.78 is 26.4. The highest BCUT2D eigenvalue weighted by molar-refractivity contribution is 5.87. The summed E-state index contributed by atoms with van der Waals surface area (Å²) in [6.45, 7) is 1.70. The Morgan fingerprint density at radius 1 is 1.14 bits per heavy atom. The maximum absolute atomic E-state index is 13.3. The van der Waals surface area contributed by atoms with Crippen molar-refractivity contribution in [1.29, 1.82) is 0 Å². The number of halogens is 2. The highest BCUT2D eigenvalue weighted by Crippen LogP contribution is 2.25. The molecule has 0 saturated heterocycles. The van der Waals surface area contributed by atoms with Crippen LogP contribution in [0.15, 0.2) is 30.3 Å². The van der Waals surface area contributed by atoms with Crippen molar-refractivity contribution in [3.8, 4) is 0 Å². The minimum Gasteiger partial charge on any atom is -0.204 e. The molecular formula is C12H9F2. The van der Waals surface area contributed by atoms with Crippen LogP contribution in [0.2, 0.25) is 0 Å². The number of rotatable bonds is 1. The van der Waals surface area contributed by atoms with Crippen LogP contribution in [0, 0.1) is 18.1 Å². The average molecular weight is 191 g/mol. The fourth-order valence-electron chi connectivity index (χ4n) is 1.60. The molecule has 0 aliphatic carbocycles. The Labute approximate surface area is 81.2 Å². The van der Waals surface area contributed by atoms with Crippen LogP contribution in [0.1, 0.15) is 12.5 Å². The zero-order valence-corrected chi connectivity index (χ0v) is 7.72. The lowest BCUT2D eigenvalue weighted by Crippen LogP contribution is -1.93. The molecule has 0 unspecified atom stereocenters. The fraction of sp³-hybridized carbons (Fsp3) is 0.0833. The van der Waals surface area contributed by atoms with E-state index in [1.54, 1.807) is 31.5 Å². The van der Waals surface area contributed by atoms with E-state index in [0.29, 0.717) is 5.56 Å². The molecule has 0 amide bonds. The van der Waals surface area contributed by atoms with Crippen molar-refractivity contribution in [1.82, 2.24) is 0 Å². The lowest BCUT2D eigenvalue weighted by atomic mass is 10.0. The van der Waals surface area contributed by atoms with Crippen molar-refractivity contribution >= 4 is 10.8 Å². The topological polar surface area (TPSA) is 0 Å². The van der Waals surface area contributed by atoms with E-state index in [1.807, 2.05) is 6.07 Å². The highest BCUT2D eigenvalue weighted by atomic mass is 19.2. The highest BCUT2D eigenvalue weighted by Gasteiger charge is 2.11. The Kier molecular flexibility index (Phi) is 2.20. The third-order valence-electron chi connectivity index (χ3n) is 2.27. The first-order valence-corrected chi connectivity index (χ1v) is 4.40. The van der Waals surface area contributed by atoms with Crippen LogP contribution < -0.4 is 0 Å². The monoisotopic (exact) mass is 191 g/mol. The van der Waals surface area contributed by atoms with Gasteiger partial charge in [0.15, 0.2) is 11.6 Å². The Bertz CT molecular complexity index is 475. The largest absolute Gasteiger partial charge is 0.204 e. The van der Waals surface area contributed by atoms with E-state index in [0.717, 1.165) is 10.8 Å². The lowest BCUT2D eigenvalue weighted by Gasteiger charge is -2.06. The second-order valence-electron chi connectivity index (χ2n) is 3.10. The molecule has 1 radical (unpaired) electrons. The summed E-state index contributed by atoms with van der Waals surface area (Å²) in [7, 11) is 0. The van der Waals surface area contributed by atoms with Gasteiger partial charge in [0, 0.05) is 5.56 Å². The second-order valence-corrected chi connectivity index (χ2v) is 3.10. The molecule has 0 saturated carbocycles. The summed E-state index contributed by atoms with van der Waals surface area (Å²) in [5, 5.41) is 1.47. The molecule has 0 spiro atoms. The van der Waals surface area contributed by atoms with Gasteiger partial charge in [-0.3, -0.25) is 0 Å². The van der Waals surface area contributed by atoms with Crippen LogP contribution in [0.5, 0.6) is 0 Å². The first kappa shape index (κ1) is 9.13. The Balaban J connectivity index is 2.89. The lowest BCUT2D eigenvalue weighted by molar-refractivity contribution is 0.507. The summed E-state index contributed by atoms with van der Waals surface area (Å²) in [6, 6.07) is 8.39. The van der Waals surface area contributed by atoms with Crippen LogP contribution in [-0.2, 0) is 0 Å². The normalized spacial score (nSPS) is 10.8. The second kappa shape index (κ2) is 3.37. The molecule has 14 heavy (non-hydrogen) atoms. The van der Waals surface area contributed by atoms with Crippen LogP contribution in [-0.4, -0.2) is 0 Å². The molecule has 0 fully saturated rings. The van der Waals surface area contributed by atoms with Gasteiger partial charge in [0.25, 0.3) is 0 Å². The Morgan fingerprint density at radius 2 is 1.86 bits per heavy atom. The van der Waals surface area contributed by atoms with Gasteiger partial charge in [-0.1, -0.05) is 31.2 Å². The molecule has 0 heterocycles. The van der Waals surface area contributed by atoms with Crippen molar-refractivity contribution in [2.75, 3.05) is 0 Å². The van der Waals surface area contributed by atoms with Gasteiger partial charge in [-0.05, 0) is 23.3 Å². The van der Waals surface area contributed by atoms with Crippen LogP contribution in [0.25, 0.3) is 10.8 Å². The molecule has 2 rings (SSSR count). The van der Waals surface area contributed by atoms with Crippen molar-refractivity contribution in [3.63, 3.8) is 0 Å². The molecule has 0 aromatic heterocycles. The molecule has 71 valence electrons. The van der Waals surface area contributed by atoms with Crippen LogP contribution in [0.4, 0.5) is 8.78 Å². The van der Waals surface area contributed by atoms with E-state index in [9.17, 15) is 8.78 Å². The van der Waals surface area contributed by atoms with E-state index in [-0.39, 0.29) is 0 Å². The predicted molar refractivity (Wildman–Crippen MR) is 52.9 cm³/mol. The molecule has 0 nitrogen and oxygen atoms in total. The maximum Gasteiger partial charge on any atom is 0.162 e. The smallest absolute Gasteiger partial charge is 0.162 e. The zero-order chi connectivity index (χ0) is 10.1. The minimum atomic E-state index is -0.795. The van der Waals surface area contributed by atoms with E-state index in [4.69, 9.17) is 0 Å². The molecule has 2 aromatic carbocycles. The molecule has 0 atom stereocenters. The van der Waals surface area contributed by atoms with E-state index in [1.165, 1.54) is 6.07 Å². The van der Waals surface area contributed by atoms with Crippen LogP contribution >= 0.6 is 0 Å². The fourth-order valence-corrected chi connectivity index (χ4v) is 1.60. The molecule has 2 aromatic rings. The van der Waals surface area contributed by atoms with Gasteiger partial charge in [0.1, 0.15) is 0 Å². The third kappa shape index (κ3) is 1.27. The summed E-state index contributed by atoms with van der Waals surface area (Å²) in [6.07, 6.45) is 1.58. The van der Waals surface area contributed by atoms with Gasteiger partial charge in [0.2, 0.25) is 0 Å². The van der Waals surface area contributed by atoms with E-state index >= 15 is 0 Å². The van der Waals surface area contributed by atoms with Crippen molar-refractivity contribution in [2.45, 2.75) is 6.92 Å². The Hall–Kier alpha value is -1.44. The van der Waals surface area contributed by atoms with Crippen molar-refractivity contribution in [2.24, 2.45) is 0 Å². The van der Waals surface area contributed by atoms with Crippen molar-refractivity contribution < 1.29 is 8.78 Å². The van der Waals surface area contributed by atoms with Gasteiger partial charge >= 0.3 is 0 Å². The first-order chi connectivity index (χ1) is 6.74. The summed E-state index contributed by atoms with van der Waals surface area (Å²) in [4.78, 5) is 0. The molecular weight excluding hydrogens is 182 g/mol. The first-order valence-electron chi connectivity index (χ1n) is 4.40. The van der Waals surface area contributed by atoms with Crippen LogP contribution in [0.3, 0.4) is 0 Å². The predicted octanol–water partition coefficient (Wildman–Crippen LogP) is 3.69.